The van der Waals surface area contributed by atoms with E-state index in [0.717, 1.165) is 23.2 Å². The molecule has 0 aliphatic carbocycles. The van der Waals surface area contributed by atoms with E-state index >= 15 is 0 Å². The Labute approximate surface area is 223 Å². The predicted molar refractivity (Wildman–Crippen MR) is 149 cm³/mol. The average molecular weight is 523 g/mol. The zero-order chi connectivity index (χ0) is 26.8. The van der Waals surface area contributed by atoms with Crippen LogP contribution in [0.2, 0.25) is 0 Å². The van der Waals surface area contributed by atoms with Crippen LogP contribution in [0.3, 0.4) is 0 Å². The number of nitrogens with two attached hydrogens (primary N) is 1. The molecule has 0 spiro atoms. The zero-order valence-electron chi connectivity index (χ0n) is 21.4. The summed E-state index contributed by atoms with van der Waals surface area (Å²) in [5, 5.41) is 3.32. The minimum atomic E-state index is -0.799. The molecule has 8 nitrogen and oxygen atoms in total. The molecule has 2 atom stereocenters. The molecule has 0 saturated carbocycles. The first-order valence-corrected chi connectivity index (χ1v) is 12.7. The van der Waals surface area contributed by atoms with Crippen molar-refractivity contribution in [1.82, 2.24) is 9.88 Å². The molecular formula is C28H34N4O4S. The van der Waals surface area contributed by atoms with Gasteiger partial charge in [0.25, 0.3) is 5.91 Å². The maximum Gasteiger partial charge on any atom is 0.337 e. The summed E-state index contributed by atoms with van der Waals surface area (Å²) in [6, 6.07) is 20.5. The van der Waals surface area contributed by atoms with Crippen molar-refractivity contribution in [2.24, 2.45) is 5.73 Å². The predicted octanol–water partition coefficient (Wildman–Crippen LogP) is 4.02. The number of carbonyl (C=O) groups is 2. The first-order valence-electron chi connectivity index (χ1n) is 12.1. The van der Waals surface area contributed by atoms with Gasteiger partial charge in [0.05, 0.1) is 24.1 Å². The smallest absolute Gasteiger partial charge is 0.337 e. The van der Waals surface area contributed by atoms with Gasteiger partial charge in [0.15, 0.2) is 6.10 Å². The van der Waals surface area contributed by atoms with Crippen molar-refractivity contribution in [3.63, 3.8) is 0 Å². The number of esters is 1. The van der Waals surface area contributed by atoms with Crippen LogP contribution in [0.5, 0.6) is 5.88 Å². The highest BCUT2D eigenvalue weighted by molar-refractivity contribution is 7.80. The molecule has 0 aliphatic heterocycles. The number of aromatic nitrogens is 1. The number of ether oxygens (including phenoxy) is 2. The summed E-state index contributed by atoms with van der Waals surface area (Å²) in [5.74, 6) is 0.282. The minimum Gasteiger partial charge on any atom is -0.465 e. The monoisotopic (exact) mass is 522 g/mol. The highest BCUT2D eigenvalue weighted by Gasteiger charge is 2.22. The molecule has 37 heavy (non-hydrogen) atoms. The van der Waals surface area contributed by atoms with Crippen molar-refractivity contribution >= 4 is 30.2 Å². The van der Waals surface area contributed by atoms with Crippen molar-refractivity contribution in [2.75, 3.05) is 31.8 Å². The highest BCUT2D eigenvalue weighted by atomic mass is 32.1. The molecule has 3 N–H and O–H groups in total. The Morgan fingerprint density at radius 1 is 1.11 bits per heavy atom. The van der Waals surface area contributed by atoms with Gasteiger partial charge < -0.3 is 25.4 Å². The molecule has 2 unspecified atom stereocenters. The van der Waals surface area contributed by atoms with E-state index in [0.29, 0.717) is 36.0 Å². The van der Waals surface area contributed by atoms with Crippen molar-refractivity contribution in [1.29, 1.82) is 0 Å². The van der Waals surface area contributed by atoms with Crippen LogP contribution in [0.15, 0.2) is 66.7 Å². The molecular weight excluding hydrogens is 488 g/mol. The maximum absolute atomic E-state index is 13.2. The zero-order valence-corrected chi connectivity index (χ0v) is 22.3. The number of benzene rings is 2. The van der Waals surface area contributed by atoms with Crippen molar-refractivity contribution in [3.05, 3.63) is 77.9 Å². The molecule has 0 radical (unpaired) electrons. The van der Waals surface area contributed by atoms with Crippen LogP contribution < -0.4 is 15.8 Å². The number of methoxy groups -OCH3 is 1. The van der Waals surface area contributed by atoms with Crippen LogP contribution in [-0.2, 0) is 16.1 Å². The summed E-state index contributed by atoms with van der Waals surface area (Å²) >= 11 is 4.24. The number of hydrogen-bond acceptors (Lipinski definition) is 8. The molecule has 1 aromatic heterocycles. The SMILES string of the molecule is COC(=O)c1cccc(CN(C)C(=O)C(C)Oc2nc(-c3ccccc3)ccc2NCCC(N)CS)c1. The molecule has 2 aromatic carbocycles. The normalized spacial score (nSPS) is 12.4. The lowest BCUT2D eigenvalue weighted by Gasteiger charge is -2.23. The largest absolute Gasteiger partial charge is 0.465 e. The van der Waals surface area contributed by atoms with Gasteiger partial charge in [0.2, 0.25) is 5.88 Å². The van der Waals surface area contributed by atoms with Gasteiger partial charge in [-0.3, -0.25) is 4.79 Å². The second kappa shape index (κ2) is 13.7. The Bertz CT molecular complexity index is 1190. The van der Waals surface area contributed by atoms with Crippen LogP contribution in [0.25, 0.3) is 11.3 Å². The summed E-state index contributed by atoms with van der Waals surface area (Å²) in [6.07, 6.45) is -0.0711. The van der Waals surface area contributed by atoms with Crippen LogP contribution in [0.4, 0.5) is 5.69 Å². The fourth-order valence-electron chi connectivity index (χ4n) is 3.71. The molecule has 0 aliphatic rings. The number of carbonyl (C=O) groups excluding carboxylic acids is 2. The molecule has 0 bridgehead atoms. The van der Waals surface area contributed by atoms with Gasteiger partial charge >= 0.3 is 5.97 Å². The molecule has 1 amide bonds. The summed E-state index contributed by atoms with van der Waals surface area (Å²) < 4.78 is 10.9. The molecule has 3 rings (SSSR count). The number of anilines is 1. The summed E-state index contributed by atoms with van der Waals surface area (Å²) in [7, 11) is 3.03. The van der Waals surface area contributed by atoms with Crippen LogP contribution >= 0.6 is 12.6 Å². The molecule has 3 aromatic rings. The maximum atomic E-state index is 13.2. The van der Waals surface area contributed by atoms with E-state index < -0.39 is 12.1 Å². The van der Waals surface area contributed by atoms with Gasteiger partial charge in [0.1, 0.15) is 0 Å². The number of hydrogen-bond donors (Lipinski definition) is 3. The van der Waals surface area contributed by atoms with E-state index in [9.17, 15) is 9.59 Å². The van der Waals surface area contributed by atoms with Gasteiger partial charge in [-0.2, -0.15) is 12.6 Å². The molecule has 0 saturated heterocycles. The highest BCUT2D eigenvalue weighted by Crippen LogP contribution is 2.28. The number of nitrogens with zero attached hydrogens (tertiary/aromatic N) is 2. The number of rotatable bonds is 12. The quantitative estimate of drug-likeness (QED) is 0.244. The first kappa shape index (κ1) is 28.0. The lowest BCUT2D eigenvalue weighted by atomic mass is 10.1. The Hall–Kier alpha value is -3.56. The standard InChI is InChI=1S/C28H34N4O4S/c1-19(27(33)32(2)17-20-8-7-11-22(16-20)28(34)35-3)36-26-25(30-15-14-23(29)18-37)13-12-24(31-26)21-9-5-4-6-10-21/h4-13,16,19,23,30,37H,14-15,17-18,29H2,1-3H3. The number of thiol groups is 1. The second-order valence-corrected chi connectivity index (χ2v) is 9.08. The van der Waals surface area contributed by atoms with Crippen LogP contribution in [-0.4, -0.2) is 60.4 Å². The van der Waals surface area contributed by atoms with E-state index in [4.69, 9.17) is 20.2 Å². The Morgan fingerprint density at radius 3 is 2.57 bits per heavy atom. The first-order chi connectivity index (χ1) is 17.8. The second-order valence-electron chi connectivity index (χ2n) is 8.72. The fraction of sp³-hybridized carbons (Fsp3) is 0.321. The van der Waals surface area contributed by atoms with Gasteiger partial charge in [-0.15, -0.1) is 0 Å². The number of amides is 1. The Morgan fingerprint density at radius 2 is 1.86 bits per heavy atom. The third-order valence-corrected chi connectivity index (χ3v) is 6.24. The van der Waals surface area contributed by atoms with Crippen molar-refractivity contribution in [2.45, 2.75) is 32.0 Å². The van der Waals surface area contributed by atoms with Crippen molar-refractivity contribution < 1.29 is 19.1 Å². The summed E-state index contributed by atoms with van der Waals surface area (Å²) in [5.41, 5.74) is 9.58. The van der Waals surface area contributed by atoms with E-state index in [-0.39, 0.29) is 11.9 Å². The molecule has 9 heteroatoms. The fourth-order valence-corrected chi connectivity index (χ4v) is 3.90. The van der Waals surface area contributed by atoms with Crippen LogP contribution in [0.1, 0.15) is 29.3 Å². The van der Waals surface area contributed by atoms with Gasteiger partial charge in [-0.1, -0.05) is 42.5 Å². The molecule has 1 heterocycles. The number of nitrogens with one attached hydrogen (secondary N) is 1. The summed E-state index contributed by atoms with van der Waals surface area (Å²) in [6.45, 7) is 2.62. The number of likely N-dealkylation sites (N-methyl/N-ethyl adjacent to an activating group) is 1. The van der Waals surface area contributed by atoms with E-state index in [2.05, 4.69) is 17.9 Å². The third-order valence-electron chi connectivity index (χ3n) is 5.78. The molecule has 196 valence electrons. The number of pyridine rings is 1. The average Bonchev–Trinajstić information content (AvgIpc) is 2.93. The van der Waals surface area contributed by atoms with E-state index in [1.54, 1.807) is 37.1 Å². The minimum absolute atomic E-state index is 0.0245. The third kappa shape index (κ3) is 7.96. The van der Waals surface area contributed by atoms with Gasteiger partial charge in [-0.05, 0) is 43.2 Å². The van der Waals surface area contributed by atoms with E-state index in [1.807, 2.05) is 48.5 Å². The van der Waals surface area contributed by atoms with Crippen molar-refractivity contribution in [3.8, 4) is 17.1 Å². The Kier molecular flexibility index (Phi) is 10.3. The van der Waals surface area contributed by atoms with E-state index in [1.165, 1.54) is 7.11 Å². The lowest BCUT2D eigenvalue weighted by Crippen LogP contribution is -2.37. The topological polar surface area (TPSA) is 107 Å². The lowest BCUT2D eigenvalue weighted by molar-refractivity contribution is -0.137. The Balaban J connectivity index is 1.75. The van der Waals surface area contributed by atoms with Crippen LogP contribution in [0, 0.1) is 0 Å². The molecule has 0 fully saturated rings. The van der Waals surface area contributed by atoms with Gasteiger partial charge in [0, 0.05) is 37.5 Å². The summed E-state index contributed by atoms with van der Waals surface area (Å²) in [4.78, 5) is 31.3. The van der Waals surface area contributed by atoms with Gasteiger partial charge in [-0.25, -0.2) is 9.78 Å².